The molecule has 2 aliphatic rings. The third-order valence-corrected chi connectivity index (χ3v) is 4.20. The molecule has 2 unspecified atom stereocenters. The molecule has 1 amide bonds. The van der Waals surface area contributed by atoms with E-state index < -0.39 is 0 Å². The minimum Gasteiger partial charge on any atom is -0.309 e. The maximum atomic E-state index is 12.0. The van der Waals surface area contributed by atoms with Gasteiger partial charge in [0.15, 0.2) is 5.82 Å². The van der Waals surface area contributed by atoms with Crippen LogP contribution in [0.5, 0.6) is 0 Å². The number of hydrogen-bond donors (Lipinski definition) is 2. The summed E-state index contributed by atoms with van der Waals surface area (Å²) in [5.74, 6) is 2.47. The number of carbonyl (C=O) groups excluding carboxylic acids is 1. The fraction of sp³-hybridized carbons (Fsp3) is 0.667. The zero-order valence-electron chi connectivity index (χ0n) is 9.71. The number of nitrogens with one attached hydrogen (secondary N) is 2. The van der Waals surface area contributed by atoms with Gasteiger partial charge in [-0.05, 0) is 38.5 Å². The number of aryl methyl sites for hydroxylation is 1. The molecule has 1 aromatic heterocycles. The van der Waals surface area contributed by atoms with E-state index >= 15 is 0 Å². The second-order valence-corrected chi connectivity index (χ2v) is 5.10. The predicted octanol–water partition coefficient (Wildman–Crippen LogP) is 2.01. The number of aromatic amines is 1. The fourth-order valence-electron chi connectivity index (χ4n) is 3.02. The van der Waals surface area contributed by atoms with Gasteiger partial charge in [-0.25, -0.2) is 0 Å². The van der Waals surface area contributed by atoms with Crippen molar-refractivity contribution in [3.05, 3.63) is 11.3 Å². The molecule has 1 aromatic rings. The van der Waals surface area contributed by atoms with Gasteiger partial charge in [-0.3, -0.25) is 9.89 Å². The molecule has 86 valence electrons. The Bertz CT molecular complexity index is 427. The molecule has 0 spiro atoms. The number of anilines is 1. The number of amides is 1. The summed E-state index contributed by atoms with van der Waals surface area (Å²) in [6.45, 7) is 3.94. The Hall–Kier alpha value is -1.32. The van der Waals surface area contributed by atoms with Crippen LogP contribution in [-0.4, -0.2) is 16.1 Å². The summed E-state index contributed by atoms with van der Waals surface area (Å²) in [6, 6.07) is 0. The lowest BCUT2D eigenvalue weighted by Crippen LogP contribution is -2.17. The summed E-state index contributed by atoms with van der Waals surface area (Å²) in [4.78, 5) is 12.0. The van der Waals surface area contributed by atoms with Gasteiger partial charge in [-0.2, -0.15) is 5.10 Å². The third-order valence-electron chi connectivity index (χ3n) is 4.20. The zero-order chi connectivity index (χ0) is 11.3. The van der Waals surface area contributed by atoms with Gasteiger partial charge in [0.2, 0.25) is 5.91 Å². The molecule has 2 N–H and O–H groups in total. The van der Waals surface area contributed by atoms with E-state index in [1.807, 2.05) is 13.8 Å². The van der Waals surface area contributed by atoms with E-state index in [-0.39, 0.29) is 11.8 Å². The van der Waals surface area contributed by atoms with Gasteiger partial charge in [-0.15, -0.1) is 0 Å². The number of carbonyl (C=O) groups is 1. The molecular formula is C12H17N3O. The van der Waals surface area contributed by atoms with E-state index in [2.05, 4.69) is 15.5 Å². The van der Waals surface area contributed by atoms with Crippen LogP contribution in [0, 0.1) is 31.6 Å². The third kappa shape index (κ3) is 1.36. The molecule has 4 nitrogen and oxygen atoms in total. The standard InChI is InChI=1S/C12H17N3O/c1-6-7(2)14-15-11(6)13-12(16)10-8-4-3-5-9(8)10/h8-10H,3-5H2,1-2H3,(H2,13,14,15,16). The van der Waals surface area contributed by atoms with Gasteiger partial charge < -0.3 is 5.32 Å². The van der Waals surface area contributed by atoms with Gasteiger partial charge in [0.25, 0.3) is 0 Å². The molecule has 3 rings (SSSR count). The quantitative estimate of drug-likeness (QED) is 0.799. The number of H-pyrrole nitrogens is 1. The first kappa shape index (κ1) is 9.87. The number of fused-ring (bicyclic) bond motifs is 1. The highest BCUT2D eigenvalue weighted by Crippen LogP contribution is 2.57. The lowest BCUT2D eigenvalue weighted by Gasteiger charge is -2.04. The van der Waals surface area contributed by atoms with Crippen LogP contribution in [0.15, 0.2) is 0 Å². The Balaban J connectivity index is 1.67. The first-order valence-electron chi connectivity index (χ1n) is 6.01. The van der Waals surface area contributed by atoms with Crippen molar-refractivity contribution >= 4 is 11.7 Å². The van der Waals surface area contributed by atoms with Gasteiger partial charge in [0, 0.05) is 17.2 Å². The van der Waals surface area contributed by atoms with Crippen molar-refractivity contribution in [1.29, 1.82) is 0 Å². The molecule has 0 radical (unpaired) electrons. The summed E-state index contributed by atoms with van der Waals surface area (Å²) >= 11 is 0. The Labute approximate surface area is 94.8 Å². The van der Waals surface area contributed by atoms with Gasteiger partial charge in [-0.1, -0.05) is 6.42 Å². The highest BCUT2D eigenvalue weighted by molar-refractivity contribution is 5.94. The van der Waals surface area contributed by atoms with Gasteiger partial charge in [0.1, 0.15) is 0 Å². The topological polar surface area (TPSA) is 57.8 Å². The second kappa shape index (κ2) is 3.34. The lowest BCUT2D eigenvalue weighted by atomic mass is 10.1. The van der Waals surface area contributed by atoms with Crippen molar-refractivity contribution in [1.82, 2.24) is 10.2 Å². The number of hydrogen-bond acceptors (Lipinski definition) is 2. The van der Waals surface area contributed by atoms with Crippen molar-refractivity contribution in [2.75, 3.05) is 5.32 Å². The summed E-state index contributed by atoms with van der Waals surface area (Å²) in [5.41, 5.74) is 2.06. The Morgan fingerprint density at radius 1 is 1.38 bits per heavy atom. The number of aromatic nitrogens is 2. The molecule has 4 heteroatoms. The summed E-state index contributed by atoms with van der Waals surface area (Å²) in [5, 5.41) is 9.93. The van der Waals surface area contributed by atoms with Crippen LogP contribution >= 0.6 is 0 Å². The first-order chi connectivity index (χ1) is 7.68. The SMILES string of the molecule is Cc1[nH]nc(NC(=O)C2C3CCCC32)c1C. The van der Waals surface area contributed by atoms with Crippen LogP contribution in [0.3, 0.4) is 0 Å². The zero-order valence-corrected chi connectivity index (χ0v) is 9.71. The minimum atomic E-state index is 0.171. The molecule has 2 aliphatic carbocycles. The van der Waals surface area contributed by atoms with Crippen LogP contribution in [0.25, 0.3) is 0 Å². The Morgan fingerprint density at radius 3 is 2.62 bits per heavy atom. The molecule has 0 aliphatic heterocycles. The summed E-state index contributed by atoms with van der Waals surface area (Å²) < 4.78 is 0. The van der Waals surface area contributed by atoms with E-state index in [0.717, 1.165) is 11.3 Å². The van der Waals surface area contributed by atoms with Crippen LogP contribution in [0.1, 0.15) is 30.5 Å². The monoisotopic (exact) mass is 219 g/mol. The summed E-state index contributed by atoms with van der Waals surface area (Å²) in [7, 11) is 0. The normalized spacial score (nSPS) is 31.2. The molecule has 2 atom stereocenters. The average Bonchev–Trinajstić information content (AvgIpc) is 2.59. The van der Waals surface area contributed by atoms with Crippen LogP contribution in [0.4, 0.5) is 5.82 Å². The molecule has 2 fully saturated rings. The van der Waals surface area contributed by atoms with Crippen LogP contribution in [0.2, 0.25) is 0 Å². The van der Waals surface area contributed by atoms with E-state index in [1.54, 1.807) is 0 Å². The van der Waals surface area contributed by atoms with Crippen molar-refractivity contribution in [3.8, 4) is 0 Å². The fourth-order valence-corrected chi connectivity index (χ4v) is 3.02. The molecular weight excluding hydrogens is 202 g/mol. The molecule has 0 bridgehead atoms. The highest BCUT2D eigenvalue weighted by Gasteiger charge is 2.56. The number of rotatable bonds is 2. The van der Waals surface area contributed by atoms with E-state index in [9.17, 15) is 4.79 Å². The van der Waals surface area contributed by atoms with E-state index in [1.165, 1.54) is 19.3 Å². The first-order valence-corrected chi connectivity index (χ1v) is 6.01. The molecule has 0 aromatic carbocycles. The predicted molar refractivity (Wildman–Crippen MR) is 61.0 cm³/mol. The lowest BCUT2D eigenvalue weighted by molar-refractivity contribution is -0.118. The van der Waals surface area contributed by atoms with Crippen LogP contribution in [-0.2, 0) is 4.79 Å². The molecule has 0 saturated heterocycles. The van der Waals surface area contributed by atoms with E-state index in [0.29, 0.717) is 17.7 Å². The largest absolute Gasteiger partial charge is 0.309 e. The van der Waals surface area contributed by atoms with Crippen molar-refractivity contribution in [2.45, 2.75) is 33.1 Å². The van der Waals surface area contributed by atoms with Crippen LogP contribution < -0.4 is 5.32 Å². The highest BCUT2D eigenvalue weighted by atomic mass is 16.2. The van der Waals surface area contributed by atoms with Crippen molar-refractivity contribution in [2.24, 2.45) is 17.8 Å². The maximum absolute atomic E-state index is 12.0. The van der Waals surface area contributed by atoms with Crippen molar-refractivity contribution in [3.63, 3.8) is 0 Å². The number of nitrogens with zero attached hydrogens (tertiary/aromatic N) is 1. The molecule has 1 heterocycles. The van der Waals surface area contributed by atoms with Crippen molar-refractivity contribution < 1.29 is 4.79 Å². The molecule has 16 heavy (non-hydrogen) atoms. The van der Waals surface area contributed by atoms with Gasteiger partial charge >= 0.3 is 0 Å². The molecule has 2 saturated carbocycles. The Morgan fingerprint density at radius 2 is 2.06 bits per heavy atom. The maximum Gasteiger partial charge on any atom is 0.229 e. The van der Waals surface area contributed by atoms with E-state index in [4.69, 9.17) is 0 Å². The van der Waals surface area contributed by atoms with Gasteiger partial charge in [0.05, 0.1) is 0 Å². The second-order valence-electron chi connectivity index (χ2n) is 5.10. The summed E-state index contributed by atoms with van der Waals surface area (Å²) in [6.07, 6.45) is 3.78. The minimum absolute atomic E-state index is 0.171. The smallest absolute Gasteiger partial charge is 0.229 e. The average molecular weight is 219 g/mol. The Kier molecular flexibility index (Phi) is 2.06.